The zero-order valence-electron chi connectivity index (χ0n) is 10.9. The Balaban J connectivity index is 1.88. The molecule has 0 saturated heterocycles. The number of hydrogen-bond donors (Lipinski definition) is 3. The van der Waals surface area contributed by atoms with Gasteiger partial charge < -0.3 is 15.5 Å². The Morgan fingerprint density at radius 2 is 1.71 bits per heavy atom. The number of phenols is 2. The molecule has 1 aromatic heterocycles. The van der Waals surface area contributed by atoms with E-state index in [1.807, 2.05) is 30.3 Å². The third kappa shape index (κ3) is 2.76. The van der Waals surface area contributed by atoms with Crippen molar-refractivity contribution in [1.82, 2.24) is 4.98 Å². The van der Waals surface area contributed by atoms with Crippen molar-refractivity contribution < 1.29 is 15.0 Å². The minimum atomic E-state index is -0.432. The molecule has 0 aliphatic carbocycles. The van der Waals surface area contributed by atoms with Crippen molar-refractivity contribution in [3.8, 4) is 11.5 Å². The van der Waals surface area contributed by atoms with Gasteiger partial charge in [0.25, 0.3) is 5.91 Å². The first-order chi connectivity index (χ1) is 10.1. The number of nitrogens with one attached hydrogen (secondary N) is 1. The fourth-order valence-corrected chi connectivity index (χ4v) is 2.07. The van der Waals surface area contributed by atoms with Crippen molar-refractivity contribution in [1.29, 1.82) is 0 Å². The zero-order valence-corrected chi connectivity index (χ0v) is 10.9. The molecule has 0 atom stereocenters. The summed E-state index contributed by atoms with van der Waals surface area (Å²) in [6.07, 6.45) is 1.56. The number of para-hydroxylation sites is 1. The minimum absolute atomic E-state index is 0.167. The molecule has 0 fully saturated rings. The van der Waals surface area contributed by atoms with Gasteiger partial charge in [-0.05, 0) is 24.3 Å². The summed E-state index contributed by atoms with van der Waals surface area (Å²) < 4.78 is 0. The number of aromatic nitrogens is 1. The lowest BCUT2D eigenvalue weighted by molar-refractivity contribution is 0.102. The molecular formula is C16H12N2O3. The number of phenolic OH excluding ortho intramolecular Hbond substituents is 2. The second kappa shape index (κ2) is 5.13. The molecular weight excluding hydrogens is 268 g/mol. The lowest BCUT2D eigenvalue weighted by atomic mass is 10.1. The summed E-state index contributed by atoms with van der Waals surface area (Å²) in [6.45, 7) is 0. The van der Waals surface area contributed by atoms with Crippen LogP contribution in [0, 0.1) is 0 Å². The monoisotopic (exact) mass is 280 g/mol. The van der Waals surface area contributed by atoms with Gasteiger partial charge in [0.05, 0.1) is 17.4 Å². The molecule has 0 spiro atoms. The van der Waals surface area contributed by atoms with Crippen LogP contribution in [0.4, 0.5) is 5.69 Å². The molecule has 0 aliphatic heterocycles. The van der Waals surface area contributed by atoms with Crippen LogP contribution in [0.25, 0.3) is 10.9 Å². The molecule has 2 aromatic carbocycles. The maximum Gasteiger partial charge on any atom is 0.255 e. The largest absolute Gasteiger partial charge is 0.508 e. The summed E-state index contributed by atoms with van der Waals surface area (Å²) in [7, 11) is 0. The Kier molecular flexibility index (Phi) is 3.16. The summed E-state index contributed by atoms with van der Waals surface area (Å²) in [4.78, 5) is 16.3. The van der Waals surface area contributed by atoms with Gasteiger partial charge in [0, 0.05) is 17.0 Å². The van der Waals surface area contributed by atoms with Crippen LogP contribution < -0.4 is 5.32 Å². The second-order valence-corrected chi connectivity index (χ2v) is 4.61. The Hall–Kier alpha value is -3.08. The number of pyridine rings is 1. The van der Waals surface area contributed by atoms with Crippen LogP contribution in [-0.2, 0) is 0 Å². The Bertz CT molecular complexity index is 810. The van der Waals surface area contributed by atoms with Crippen molar-refractivity contribution in [2.75, 3.05) is 5.32 Å². The van der Waals surface area contributed by atoms with Gasteiger partial charge in [0.15, 0.2) is 0 Å². The standard InChI is InChI=1S/C16H12N2O3/c19-13-6-11(7-14(20)8-13)16(21)18-12-5-10-3-1-2-4-15(10)17-9-12/h1-9,19-20H,(H,18,21). The van der Waals surface area contributed by atoms with Crippen LogP contribution >= 0.6 is 0 Å². The van der Waals surface area contributed by atoms with E-state index in [2.05, 4.69) is 10.3 Å². The Morgan fingerprint density at radius 1 is 1.00 bits per heavy atom. The van der Waals surface area contributed by atoms with E-state index in [0.717, 1.165) is 17.0 Å². The zero-order chi connectivity index (χ0) is 14.8. The summed E-state index contributed by atoms with van der Waals surface area (Å²) in [5.74, 6) is -0.771. The number of amides is 1. The lowest BCUT2D eigenvalue weighted by Gasteiger charge is -2.07. The molecule has 0 aliphatic rings. The fraction of sp³-hybridized carbons (Fsp3) is 0. The highest BCUT2D eigenvalue weighted by atomic mass is 16.3. The van der Waals surface area contributed by atoms with Crippen LogP contribution in [0.3, 0.4) is 0 Å². The number of rotatable bonds is 2. The first-order valence-corrected chi connectivity index (χ1v) is 6.31. The van der Waals surface area contributed by atoms with E-state index >= 15 is 0 Å². The number of carbonyl (C=O) groups is 1. The number of nitrogens with zero attached hydrogens (tertiary/aromatic N) is 1. The minimum Gasteiger partial charge on any atom is -0.508 e. The molecule has 3 aromatic rings. The van der Waals surface area contributed by atoms with Crippen molar-refractivity contribution in [2.45, 2.75) is 0 Å². The van der Waals surface area contributed by atoms with E-state index in [1.54, 1.807) is 6.20 Å². The van der Waals surface area contributed by atoms with Crippen molar-refractivity contribution in [2.24, 2.45) is 0 Å². The van der Waals surface area contributed by atoms with Crippen LogP contribution in [0.5, 0.6) is 11.5 Å². The number of benzene rings is 2. The number of anilines is 1. The third-order valence-electron chi connectivity index (χ3n) is 3.01. The predicted octanol–water partition coefficient (Wildman–Crippen LogP) is 2.90. The molecule has 104 valence electrons. The average molecular weight is 280 g/mol. The molecule has 0 bridgehead atoms. The van der Waals surface area contributed by atoms with Gasteiger partial charge in [-0.1, -0.05) is 18.2 Å². The van der Waals surface area contributed by atoms with Gasteiger partial charge in [0.2, 0.25) is 0 Å². The topological polar surface area (TPSA) is 82.5 Å². The maximum absolute atomic E-state index is 12.1. The van der Waals surface area contributed by atoms with Crippen LogP contribution in [0.2, 0.25) is 0 Å². The highest BCUT2D eigenvalue weighted by molar-refractivity contribution is 6.05. The Morgan fingerprint density at radius 3 is 2.48 bits per heavy atom. The van der Waals surface area contributed by atoms with Crippen molar-refractivity contribution >= 4 is 22.5 Å². The summed E-state index contributed by atoms with van der Waals surface area (Å²) in [6, 6.07) is 13.1. The van der Waals surface area contributed by atoms with Gasteiger partial charge >= 0.3 is 0 Å². The van der Waals surface area contributed by atoms with E-state index in [1.165, 1.54) is 12.1 Å². The van der Waals surface area contributed by atoms with Gasteiger partial charge in [-0.2, -0.15) is 0 Å². The van der Waals surface area contributed by atoms with Gasteiger partial charge in [-0.3, -0.25) is 9.78 Å². The fourth-order valence-electron chi connectivity index (χ4n) is 2.07. The van der Waals surface area contributed by atoms with E-state index < -0.39 is 5.91 Å². The summed E-state index contributed by atoms with van der Waals surface area (Å²) in [5.41, 5.74) is 1.55. The maximum atomic E-state index is 12.1. The molecule has 1 heterocycles. The van der Waals surface area contributed by atoms with Gasteiger partial charge in [-0.25, -0.2) is 0 Å². The van der Waals surface area contributed by atoms with Crippen LogP contribution in [0.1, 0.15) is 10.4 Å². The van der Waals surface area contributed by atoms with Gasteiger partial charge in [-0.15, -0.1) is 0 Å². The molecule has 3 rings (SSSR count). The van der Waals surface area contributed by atoms with E-state index in [9.17, 15) is 15.0 Å². The lowest BCUT2D eigenvalue weighted by Crippen LogP contribution is -2.11. The second-order valence-electron chi connectivity index (χ2n) is 4.61. The highest BCUT2D eigenvalue weighted by Crippen LogP contribution is 2.22. The molecule has 0 saturated carbocycles. The van der Waals surface area contributed by atoms with E-state index in [-0.39, 0.29) is 17.1 Å². The molecule has 0 radical (unpaired) electrons. The van der Waals surface area contributed by atoms with E-state index in [0.29, 0.717) is 5.69 Å². The van der Waals surface area contributed by atoms with Gasteiger partial charge in [0.1, 0.15) is 11.5 Å². The number of aromatic hydroxyl groups is 2. The van der Waals surface area contributed by atoms with Crippen LogP contribution in [-0.4, -0.2) is 21.1 Å². The summed E-state index contributed by atoms with van der Waals surface area (Å²) in [5, 5.41) is 22.4. The average Bonchev–Trinajstić information content (AvgIpc) is 2.46. The van der Waals surface area contributed by atoms with Crippen molar-refractivity contribution in [3.05, 3.63) is 60.3 Å². The highest BCUT2D eigenvalue weighted by Gasteiger charge is 2.09. The number of carbonyl (C=O) groups excluding carboxylic acids is 1. The quantitative estimate of drug-likeness (QED) is 0.674. The normalized spacial score (nSPS) is 10.5. The molecule has 21 heavy (non-hydrogen) atoms. The predicted molar refractivity (Wildman–Crippen MR) is 79.5 cm³/mol. The number of fused-ring (bicyclic) bond motifs is 1. The summed E-state index contributed by atoms with van der Waals surface area (Å²) >= 11 is 0. The molecule has 3 N–H and O–H groups in total. The third-order valence-corrected chi connectivity index (χ3v) is 3.01. The molecule has 5 heteroatoms. The van der Waals surface area contributed by atoms with Crippen molar-refractivity contribution in [3.63, 3.8) is 0 Å². The SMILES string of the molecule is O=C(Nc1cnc2ccccc2c1)c1cc(O)cc(O)c1. The smallest absolute Gasteiger partial charge is 0.255 e. The van der Waals surface area contributed by atoms with E-state index in [4.69, 9.17) is 0 Å². The number of hydrogen-bond acceptors (Lipinski definition) is 4. The molecule has 5 nitrogen and oxygen atoms in total. The van der Waals surface area contributed by atoms with Crippen LogP contribution in [0.15, 0.2) is 54.7 Å². The first kappa shape index (κ1) is 12.9. The molecule has 0 unspecified atom stereocenters. The first-order valence-electron chi connectivity index (χ1n) is 6.31. The Labute approximate surface area is 120 Å². The molecule has 1 amide bonds.